The molecule has 2 rings (SSSR count). The van der Waals surface area contributed by atoms with Crippen LogP contribution in [0, 0.1) is 0 Å². The number of anilines is 1. The van der Waals surface area contributed by atoms with Gasteiger partial charge in [0.2, 0.25) is 5.89 Å². The summed E-state index contributed by atoms with van der Waals surface area (Å²) in [7, 11) is 3.73. The lowest BCUT2D eigenvalue weighted by Gasteiger charge is -2.03. The Balaban J connectivity index is 2.21. The molecule has 2 N–H and O–H groups in total. The van der Waals surface area contributed by atoms with Gasteiger partial charge >= 0.3 is 6.01 Å². The van der Waals surface area contributed by atoms with Crippen molar-refractivity contribution in [2.75, 3.05) is 25.5 Å². The molecule has 0 aliphatic carbocycles. The molecule has 17 heavy (non-hydrogen) atoms. The van der Waals surface area contributed by atoms with Crippen molar-refractivity contribution in [1.29, 1.82) is 0 Å². The van der Waals surface area contributed by atoms with Crippen molar-refractivity contribution in [1.82, 2.24) is 10.2 Å². The maximum absolute atomic E-state index is 5.51. The normalized spacial score (nSPS) is 10.5. The summed E-state index contributed by atoms with van der Waals surface area (Å²) in [5.41, 5.74) is 7.63. The summed E-state index contributed by atoms with van der Waals surface area (Å²) >= 11 is 0. The molecule has 0 aliphatic rings. The molecule has 0 fully saturated rings. The van der Waals surface area contributed by atoms with Crippen LogP contribution in [0.3, 0.4) is 0 Å². The minimum Gasteiger partial charge on any atom is -0.403 e. The Morgan fingerprint density at radius 3 is 2.41 bits per heavy atom. The number of hydrogen-bond donors (Lipinski definition) is 1. The van der Waals surface area contributed by atoms with Gasteiger partial charge in [0.15, 0.2) is 0 Å². The van der Waals surface area contributed by atoms with E-state index < -0.39 is 0 Å². The van der Waals surface area contributed by atoms with Crippen LogP contribution in [0.2, 0.25) is 0 Å². The molecular formula is C12H16N4O. The second kappa shape index (κ2) is 4.97. The molecule has 5 nitrogen and oxygen atoms in total. The van der Waals surface area contributed by atoms with Crippen molar-refractivity contribution < 1.29 is 4.42 Å². The van der Waals surface area contributed by atoms with Gasteiger partial charge < -0.3 is 15.1 Å². The van der Waals surface area contributed by atoms with E-state index in [1.54, 1.807) is 4.90 Å². The molecule has 90 valence electrons. The Morgan fingerprint density at radius 1 is 1.18 bits per heavy atom. The minimum absolute atomic E-state index is 0.506. The average molecular weight is 232 g/mol. The first kappa shape index (κ1) is 11.6. The quantitative estimate of drug-likeness (QED) is 0.860. The van der Waals surface area contributed by atoms with Gasteiger partial charge in [0.05, 0.1) is 0 Å². The van der Waals surface area contributed by atoms with Gasteiger partial charge in [0, 0.05) is 19.7 Å². The fourth-order valence-corrected chi connectivity index (χ4v) is 1.49. The summed E-state index contributed by atoms with van der Waals surface area (Å²) in [5, 5.41) is 7.94. The molecule has 0 unspecified atom stereocenters. The molecule has 0 saturated heterocycles. The van der Waals surface area contributed by atoms with Gasteiger partial charge in [0.1, 0.15) is 0 Å². The van der Waals surface area contributed by atoms with Crippen LogP contribution in [0.25, 0.3) is 11.5 Å². The molecule has 0 radical (unpaired) electrons. The van der Waals surface area contributed by atoms with Crippen molar-refractivity contribution in [3.63, 3.8) is 0 Å². The fourth-order valence-electron chi connectivity index (χ4n) is 1.49. The second-order valence-corrected chi connectivity index (χ2v) is 4.02. The van der Waals surface area contributed by atoms with Crippen LogP contribution in [0.4, 0.5) is 6.01 Å². The minimum atomic E-state index is 0.506. The molecule has 0 bridgehead atoms. The zero-order chi connectivity index (χ0) is 12.3. The lowest BCUT2D eigenvalue weighted by molar-refractivity contribution is 0.566. The van der Waals surface area contributed by atoms with Crippen LogP contribution in [-0.4, -0.2) is 30.8 Å². The van der Waals surface area contributed by atoms with Crippen molar-refractivity contribution in [2.45, 2.75) is 6.42 Å². The molecule has 5 heteroatoms. The lowest BCUT2D eigenvalue weighted by Crippen LogP contribution is -2.08. The molecule has 0 amide bonds. The standard InChI is InChI=1S/C12H16N4O/c1-16(2)12-15-14-11(17-12)10-5-3-9(4-6-10)7-8-13/h3-6H,7-8,13H2,1-2H3. The number of nitrogens with zero attached hydrogens (tertiary/aromatic N) is 3. The summed E-state index contributed by atoms with van der Waals surface area (Å²) in [6.45, 7) is 0.657. The predicted molar refractivity (Wildman–Crippen MR) is 66.8 cm³/mol. The molecule has 0 spiro atoms. The van der Waals surface area contributed by atoms with Crippen molar-refractivity contribution >= 4 is 6.01 Å². The Morgan fingerprint density at radius 2 is 1.88 bits per heavy atom. The van der Waals surface area contributed by atoms with Gasteiger partial charge in [-0.1, -0.05) is 17.2 Å². The third-order valence-electron chi connectivity index (χ3n) is 2.43. The first-order valence-electron chi connectivity index (χ1n) is 5.51. The van der Waals surface area contributed by atoms with E-state index in [0.717, 1.165) is 12.0 Å². The van der Waals surface area contributed by atoms with Gasteiger partial charge in [-0.05, 0) is 30.7 Å². The van der Waals surface area contributed by atoms with Crippen LogP contribution in [0.1, 0.15) is 5.56 Å². The van der Waals surface area contributed by atoms with Crippen molar-refractivity contribution in [3.05, 3.63) is 29.8 Å². The van der Waals surface area contributed by atoms with Gasteiger partial charge in [-0.25, -0.2) is 0 Å². The number of rotatable bonds is 4. The van der Waals surface area contributed by atoms with E-state index in [1.807, 2.05) is 38.4 Å². The van der Waals surface area contributed by atoms with E-state index >= 15 is 0 Å². The SMILES string of the molecule is CN(C)c1nnc(-c2ccc(CCN)cc2)o1. The molecule has 1 aromatic heterocycles. The third-order valence-corrected chi connectivity index (χ3v) is 2.43. The average Bonchev–Trinajstić information content (AvgIpc) is 2.80. The van der Waals surface area contributed by atoms with Gasteiger partial charge in [-0.15, -0.1) is 5.10 Å². The summed E-state index contributed by atoms with van der Waals surface area (Å²) in [6, 6.07) is 8.50. The first-order valence-corrected chi connectivity index (χ1v) is 5.51. The molecule has 2 aromatic rings. The zero-order valence-corrected chi connectivity index (χ0v) is 10.1. The maximum Gasteiger partial charge on any atom is 0.317 e. The Bertz CT molecular complexity index is 476. The highest BCUT2D eigenvalue weighted by molar-refractivity contribution is 5.54. The van der Waals surface area contributed by atoms with Crippen LogP contribution >= 0.6 is 0 Å². The Labute approximate surface area is 100 Å². The van der Waals surface area contributed by atoms with Crippen LogP contribution < -0.4 is 10.6 Å². The highest BCUT2D eigenvalue weighted by Crippen LogP contribution is 2.21. The van der Waals surface area contributed by atoms with E-state index in [0.29, 0.717) is 18.5 Å². The highest BCUT2D eigenvalue weighted by Gasteiger charge is 2.09. The number of hydrogen-bond acceptors (Lipinski definition) is 5. The summed E-state index contributed by atoms with van der Waals surface area (Å²) in [6.07, 6.45) is 0.882. The van der Waals surface area contributed by atoms with Crippen LogP contribution in [0.5, 0.6) is 0 Å². The predicted octanol–water partition coefficient (Wildman–Crippen LogP) is 1.30. The van der Waals surface area contributed by atoms with Gasteiger partial charge in [0.25, 0.3) is 0 Å². The van der Waals surface area contributed by atoms with Crippen LogP contribution in [0.15, 0.2) is 28.7 Å². The molecular weight excluding hydrogens is 216 g/mol. The summed E-state index contributed by atoms with van der Waals surface area (Å²) in [5.74, 6) is 0.535. The molecule has 0 saturated carbocycles. The zero-order valence-electron chi connectivity index (χ0n) is 10.1. The van der Waals surface area contributed by atoms with E-state index in [1.165, 1.54) is 5.56 Å². The number of benzene rings is 1. The molecule has 1 aromatic carbocycles. The van der Waals surface area contributed by atoms with Gasteiger partial charge in [-0.2, -0.15) is 0 Å². The monoisotopic (exact) mass is 232 g/mol. The Kier molecular flexibility index (Phi) is 3.39. The summed E-state index contributed by atoms with van der Waals surface area (Å²) < 4.78 is 5.51. The largest absolute Gasteiger partial charge is 0.403 e. The maximum atomic E-state index is 5.51. The first-order chi connectivity index (χ1) is 8.20. The highest BCUT2D eigenvalue weighted by atomic mass is 16.4. The third kappa shape index (κ3) is 2.62. The van der Waals surface area contributed by atoms with Crippen molar-refractivity contribution in [3.8, 4) is 11.5 Å². The van der Waals surface area contributed by atoms with E-state index in [2.05, 4.69) is 10.2 Å². The summed E-state index contributed by atoms with van der Waals surface area (Å²) in [4.78, 5) is 1.78. The topological polar surface area (TPSA) is 68.2 Å². The molecule has 0 atom stereocenters. The Hall–Kier alpha value is -1.88. The second-order valence-electron chi connectivity index (χ2n) is 4.02. The van der Waals surface area contributed by atoms with E-state index in [-0.39, 0.29) is 0 Å². The number of nitrogens with two attached hydrogens (primary N) is 1. The molecule has 0 aliphatic heterocycles. The van der Waals surface area contributed by atoms with E-state index in [4.69, 9.17) is 10.2 Å². The van der Waals surface area contributed by atoms with Gasteiger partial charge in [-0.3, -0.25) is 0 Å². The lowest BCUT2D eigenvalue weighted by atomic mass is 10.1. The molecule has 1 heterocycles. The number of aromatic nitrogens is 2. The smallest absolute Gasteiger partial charge is 0.317 e. The van der Waals surface area contributed by atoms with Crippen molar-refractivity contribution in [2.24, 2.45) is 5.73 Å². The van der Waals surface area contributed by atoms with E-state index in [9.17, 15) is 0 Å². The fraction of sp³-hybridized carbons (Fsp3) is 0.333. The van der Waals surface area contributed by atoms with Crippen LogP contribution in [-0.2, 0) is 6.42 Å².